The molecule has 0 radical (unpaired) electrons. The lowest BCUT2D eigenvalue weighted by Crippen LogP contribution is -2.58. The number of carbonyl (C=O) groups excluding carboxylic acids is 3. The number of rotatable bonds is 5. The molecular weight excluding hydrogens is 356 g/mol. The highest BCUT2D eigenvalue weighted by Crippen LogP contribution is 2.60. The van der Waals surface area contributed by atoms with Gasteiger partial charge in [-0.05, 0) is 51.2 Å². The lowest BCUT2D eigenvalue weighted by atomic mass is 9.49. The molecule has 0 unspecified atom stereocenters. The van der Waals surface area contributed by atoms with Crippen molar-refractivity contribution in [2.24, 2.45) is 16.7 Å². The summed E-state index contributed by atoms with van der Waals surface area (Å²) in [6.07, 6.45) is 3.76. The number of ketones is 1. The Balaban J connectivity index is 2.21. The van der Waals surface area contributed by atoms with Gasteiger partial charge in [0.25, 0.3) is 0 Å². The van der Waals surface area contributed by atoms with Gasteiger partial charge in [0.1, 0.15) is 5.78 Å². The van der Waals surface area contributed by atoms with E-state index >= 15 is 0 Å². The molecule has 2 aliphatic rings. The molecule has 3 rings (SSSR count). The minimum Gasteiger partial charge on any atom is -0.465 e. The van der Waals surface area contributed by atoms with E-state index in [2.05, 4.69) is 0 Å². The predicted octanol–water partition coefficient (Wildman–Crippen LogP) is 3.96. The maximum absolute atomic E-state index is 13.2. The smallest absolute Gasteiger partial charge is 0.324 e. The van der Waals surface area contributed by atoms with Gasteiger partial charge in [-0.3, -0.25) is 14.4 Å². The molecule has 0 N–H and O–H groups in total. The number of esters is 2. The van der Waals surface area contributed by atoms with Crippen molar-refractivity contribution >= 4 is 23.3 Å². The minimum absolute atomic E-state index is 0.0662. The van der Waals surface area contributed by atoms with E-state index in [1.807, 2.05) is 43.3 Å². The maximum Gasteiger partial charge on any atom is 0.324 e. The van der Waals surface area contributed by atoms with Crippen LogP contribution >= 0.6 is 0 Å². The van der Waals surface area contributed by atoms with Crippen LogP contribution in [0.1, 0.15) is 52.0 Å². The van der Waals surface area contributed by atoms with Gasteiger partial charge in [0.05, 0.1) is 18.6 Å². The lowest BCUT2D eigenvalue weighted by molar-refractivity contribution is -0.182. The first kappa shape index (κ1) is 20.3. The normalized spacial score (nSPS) is 26.0. The van der Waals surface area contributed by atoms with Crippen molar-refractivity contribution in [1.82, 2.24) is 0 Å². The molecule has 1 fully saturated rings. The molecule has 1 aromatic carbocycles. The van der Waals surface area contributed by atoms with Crippen molar-refractivity contribution in [3.05, 3.63) is 42.0 Å². The second kappa shape index (κ2) is 7.90. The quantitative estimate of drug-likeness (QED) is 0.568. The van der Waals surface area contributed by atoms with Crippen LogP contribution < -0.4 is 0 Å². The Morgan fingerprint density at radius 2 is 1.68 bits per heavy atom. The van der Waals surface area contributed by atoms with Crippen molar-refractivity contribution in [2.75, 3.05) is 13.2 Å². The Hall–Kier alpha value is -2.43. The predicted molar refractivity (Wildman–Crippen MR) is 105 cm³/mol. The van der Waals surface area contributed by atoms with Gasteiger partial charge in [-0.15, -0.1) is 0 Å². The van der Waals surface area contributed by atoms with E-state index in [9.17, 15) is 14.4 Å². The van der Waals surface area contributed by atoms with E-state index in [0.29, 0.717) is 19.3 Å². The second-order valence-electron chi connectivity index (χ2n) is 7.67. The third-order valence-electron chi connectivity index (χ3n) is 6.32. The zero-order valence-electron chi connectivity index (χ0n) is 16.8. The Kier molecular flexibility index (Phi) is 5.73. The van der Waals surface area contributed by atoms with Crippen LogP contribution in [0.2, 0.25) is 0 Å². The third kappa shape index (κ3) is 2.97. The van der Waals surface area contributed by atoms with Crippen LogP contribution in [0, 0.1) is 16.7 Å². The monoisotopic (exact) mass is 384 g/mol. The Morgan fingerprint density at radius 3 is 2.25 bits per heavy atom. The highest BCUT2D eigenvalue weighted by molar-refractivity contribution is 6.06. The molecule has 0 aliphatic heterocycles. The molecule has 28 heavy (non-hydrogen) atoms. The number of allylic oxidation sites excluding steroid dienone is 2. The molecule has 0 aromatic heterocycles. The molecule has 0 spiro atoms. The fourth-order valence-electron chi connectivity index (χ4n) is 4.99. The number of Topliss-reactive ketones (excluding diaryl/α,β-unsaturated/α-hetero) is 1. The molecule has 5 nitrogen and oxygen atoms in total. The first-order valence-electron chi connectivity index (χ1n) is 10.1. The van der Waals surface area contributed by atoms with Crippen LogP contribution in [0.3, 0.4) is 0 Å². The van der Waals surface area contributed by atoms with Crippen molar-refractivity contribution in [1.29, 1.82) is 0 Å². The molecule has 0 heterocycles. The molecule has 150 valence electrons. The van der Waals surface area contributed by atoms with E-state index in [-0.39, 0.29) is 25.4 Å². The molecule has 5 heteroatoms. The van der Waals surface area contributed by atoms with Gasteiger partial charge in [0.2, 0.25) is 0 Å². The summed E-state index contributed by atoms with van der Waals surface area (Å²) in [6.45, 7) is 5.66. The topological polar surface area (TPSA) is 69.7 Å². The highest BCUT2D eigenvalue weighted by Gasteiger charge is 2.65. The van der Waals surface area contributed by atoms with Gasteiger partial charge >= 0.3 is 11.9 Å². The number of ether oxygens (including phenoxy) is 2. The molecule has 0 bridgehead atoms. The SMILES string of the molecule is CCOC(=O)C1(C(=O)OCC)CC=C(c2ccccc2)[C@@]2(C)C(=O)CCC[C@@H]12. The summed E-state index contributed by atoms with van der Waals surface area (Å²) in [5, 5.41) is 0. The fraction of sp³-hybridized carbons (Fsp3) is 0.522. The number of carbonyl (C=O) groups is 3. The van der Waals surface area contributed by atoms with Gasteiger partial charge in [0, 0.05) is 12.3 Å². The Bertz CT molecular complexity index is 776. The summed E-state index contributed by atoms with van der Waals surface area (Å²) in [6, 6.07) is 9.73. The zero-order valence-corrected chi connectivity index (χ0v) is 16.8. The standard InChI is InChI=1S/C23H28O5/c1-4-27-20(25)23(21(26)28-5-2)15-14-17(16-10-7-6-8-11-16)22(3)18(23)12-9-13-19(22)24/h6-8,10-11,14,18H,4-5,9,12-13,15H2,1-3H3/t18-,22-/m1/s1. The number of hydrogen-bond donors (Lipinski definition) is 0. The van der Waals surface area contributed by atoms with Crippen LogP contribution in [0.4, 0.5) is 0 Å². The van der Waals surface area contributed by atoms with Crippen LogP contribution in [-0.2, 0) is 23.9 Å². The van der Waals surface area contributed by atoms with E-state index < -0.39 is 28.7 Å². The third-order valence-corrected chi connectivity index (χ3v) is 6.32. The van der Waals surface area contributed by atoms with Gasteiger partial charge < -0.3 is 9.47 Å². The van der Waals surface area contributed by atoms with E-state index in [4.69, 9.17) is 9.47 Å². The average molecular weight is 384 g/mol. The fourth-order valence-corrected chi connectivity index (χ4v) is 4.99. The van der Waals surface area contributed by atoms with Crippen LogP contribution in [0.25, 0.3) is 5.57 Å². The van der Waals surface area contributed by atoms with Gasteiger partial charge in [-0.2, -0.15) is 0 Å². The Morgan fingerprint density at radius 1 is 1.07 bits per heavy atom. The van der Waals surface area contributed by atoms with Crippen LogP contribution in [0.15, 0.2) is 36.4 Å². The van der Waals surface area contributed by atoms with Crippen molar-refractivity contribution in [3.63, 3.8) is 0 Å². The van der Waals surface area contributed by atoms with Crippen molar-refractivity contribution in [3.8, 4) is 0 Å². The maximum atomic E-state index is 13.2. The zero-order chi connectivity index (χ0) is 20.4. The summed E-state index contributed by atoms with van der Waals surface area (Å²) in [5.41, 5.74) is -0.564. The molecule has 2 atom stereocenters. The van der Waals surface area contributed by atoms with Crippen molar-refractivity contribution < 1.29 is 23.9 Å². The first-order chi connectivity index (χ1) is 13.4. The molecular formula is C23H28O5. The van der Waals surface area contributed by atoms with Crippen LogP contribution in [0.5, 0.6) is 0 Å². The summed E-state index contributed by atoms with van der Waals surface area (Å²) in [5.74, 6) is -1.58. The van der Waals surface area contributed by atoms with E-state index in [1.54, 1.807) is 13.8 Å². The average Bonchev–Trinajstić information content (AvgIpc) is 2.69. The van der Waals surface area contributed by atoms with Gasteiger partial charge in [0.15, 0.2) is 5.41 Å². The number of benzene rings is 1. The highest BCUT2D eigenvalue weighted by atomic mass is 16.6. The number of fused-ring (bicyclic) bond motifs is 1. The van der Waals surface area contributed by atoms with Gasteiger partial charge in [-0.1, -0.05) is 36.4 Å². The molecule has 2 aliphatic carbocycles. The molecule has 1 saturated carbocycles. The second-order valence-corrected chi connectivity index (χ2v) is 7.67. The first-order valence-corrected chi connectivity index (χ1v) is 10.1. The molecule has 1 aromatic rings. The van der Waals surface area contributed by atoms with Crippen molar-refractivity contribution in [2.45, 2.75) is 46.5 Å². The van der Waals surface area contributed by atoms with E-state index in [1.165, 1.54) is 0 Å². The van der Waals surface area contributed by atoms with Gasteiger partial charge in [-0.25, -0.2) is 0 Å². The van der Waals surface area contributed by atoms with Crippen LogP contribution in [-0.4, -0.2) is 30.9 Å². The summed E-state index contributed by atoms with van der Waals surface area (Å²) < 4.78 is 10.7. The Labute approximate surface area is 166 Å². The summed E-state index contributed by atoms with van der Waals surface area (Å²) in [7, 11) is 0. The van der Waals surface area contributed by atoms with E-state index in [0.717, 1.165) is 11.1 Å². The lowest BCUT2D eigenvalue weighted by Gasteiger charge is -2.52. The summed E-state index contributed by atoms with van der Waals surface area (Å²) >= 11 is 0. The largest absolute Gasteiger partial charge is 0.465 e. The number of hydrogen-bond acceptors (Lipinski definition) is 5. The summed E-state index contributed by atoms with van der Waals surface area (Å²) in [4.78, 5) is 39.5. The minimum atomic E-state index is -1.48. The molecule has 0 saturated heterocycles. The molecule has 0 amide bonds.